The van der Waals surface area contributed by atoms with E-state index in [2.05, 4.69) is 29.5 Å². The van der Waals surface area contributed by atoms with Gasteiger partial charge in [-0.25, -0.2) is 4.98 Å². The number of rotatable bonds is 6. The van der Waals surface area contributed by atoms with E-state index < -0.39 is 0 Å². The Bertz CT molecular complexity index is 546. The second-order valence-electron chi connectivity index (χ2n) is 5.21. The molecule has 0 atom stereocenters. The van der Waals surface area contributed by atoms with Crippen molar-refractivity contribution in [1.82, 2.24) is 9.55 Å². The molecule has 0 amide bonds. The average molecular weight is 261 g/mol. The van der Waals surface area contributed by atoms with E-state index >= 15 is 0 Å². The van der Waals surface area contributed by atoms with E-state index in [0.717, 1.165) is 35.7 Å². The summed E-state index contributed by atoms with van der Waals surface area (Å²) in [5.74, 6) is 2.11. The summed E-state index contributed by atoms with van der Waals surface area (Å²) in [4.78, 5) is 4.45. The highest BCUT2D eigenvalue weighted by Gasteiger charge is 2.12. The van der Waals surface area contributed by atoms with Crippen LogP contribution >= 0.6 is 0 Å². The van der Waals surface area contributed by atoms with Crippen molar-refractivity contribution in [3.05, 3.63) is 18.2 Å². The topological polar surface area (TPSA) is 53.1 Å². The first-order valence-corrected chi connectivity index (χ1v) is 7.01. The number of anilines is 1. The van der Waals surface area contributed by atoms with Crippen LogP contribution in [0.25, 0.3) is 11.0 Å². The Morgan fingerprint density at radius 3 is 2.84 bits per heavy atom. The monoisotopic (exact) mass is 261 g/mol. The highest BCUT2D eigenvalue weighted by atomic mass is 16.5. The van der Waals surface area contributed by atoms with E-state index in [1.54, 1.807) is 0 Å². The van der Waals surface area contributed by atoms with Crippen LogP contribution in [0.1, 0.15) is 33.6 Å². The molecule has 0 saturated heterocycles. The molecular formula is C15H23N3O. The van der Waals surface area contributed by atoms with Crippen LogP contribution in [0.3, 0.4) is 0 Å². The van der Waals surface area contributed by atoms with Crippen LogP contribution in [0.15, 0.2) is 18.2 Å². The van der Waals surface area contributed by atoms with Gasteiger partial charge in [-0.2, -0.15) is 0 Å². The first kappa shape index (κ1) is 13.7. The Labute approximate surface area is 114 Å². The molecule has 0 spiro atoms. The Morgan fingerprint density at radius 1 is 1.37 bits per heavy atom. The molecule has 0 aliphatic heterocycles. The maximum atomic E-state index is 6.03. The minimum Gasteiger partial charge on any atom is -0.492 e. The van der Waals surface area contributed by atoms with Gasteiger partial charge in [-0.15, -0.1) is 0 Å². The minimum absolute atomic E-state index is 0.575. The molecule has 0 bridgehead atoms. The van der Waals surface area contributed by atoms with Crippen LogP contribution in [-0.2, 0) is 6.54 Å². The van der Waals surface area contributed by atoms with Gasteiger partial charge in [0, 0.05) is 6.54 Å². The van der Waals surface area contributed by atoms with Gasteiger partial charge in [0.25, 0.3) is 0 Å². The molecule has 0 aliphatic rings. The molecule has 0 aliphatic carbocycles. The number of nitrogen functional groups attached to an aromatic ring is 1. The third-order valence-corrected chi connectivity index (χ3v) is 3.23. The summed E-state index contributed by atoms with van der Waals surface area (Å²) < 4.78 is 7.68. The van der Waals surface area contributed by atoms with E-state index in [-0.39, 0.29) is 0 Å². The van der Waals surface area contributed by atoms with Gasteiger partial charge in [0.05, 0.1) is 12.1 Å². The standard InChI is InChI=1S/C15H23N3O/c1-4-19-13-9-5-8-12-14(13)17-15(16)18(12)10-6-7-11(2)3/h5,8-9,11H,4,6-7,10H2,1-3H3,(H2,16,17). The third kappa shape index (κ3) is 3.00. The quantitative estimate of drug-likeness (QED) is 0.866. The minimum atomic E-state index is 0.575. The average Bonchev–Trinajstić information content (AvgIpc) is 2.67. The Hall–Kier alpha value is -1.71. The van der Waals surface area contributed by atoms with E-state index in [1.165, 1.54) is 6.42 Å². The number of aryl methyl sites for hydroxylation is 1. The van der Waals surface area contributed by atoms with Gasteiger partial charge in [0.15, 0.2) is 0 Å². The van der Waals surface area contributed by atoms with E-state index in [1.807, 2.05) is 19.1 Å². The zero-order valence-electron chi connectivity index (χ0n) is 12.0. The molecule has 0 saturated carbocycles. The number of nitrogens with zero attached hydrogens (tertiary/aromatic N) is 2. The largest absolute Gasteiger partial charge is 0.492 e. The predicted octanol–water partition coefficient (Wildman–Crippen LogP) is 3.45. The molecule has 0 radical (unpaired) electrons. The second-order valence-corrected chi connectivity index (χ2v) is 5.21. The van der Waals surface area contributed by atoms with Crippen molar-refractivity contribution in [3.8, 4) is 5.75 Å². The maximum absolute atomic E-state index is 6.03. The van der Waals surface area contributed by atoms with Crippen LogP contribution in [-0.4, -0.2) is 16.2 Å². The summed E-state index contributed by atoms with van der Waals surface area (Å²) in [6.07, 6.45) is 2.32. The highest BCUT2D eigenvalue weighted by Crippen LogP contribution is 2.27. The number of fused-ring (bicyclic) bond motifs is 1. The molecule has 104 valence electrons. The number of hydrogen-bond acceptors (Lipinski definition) is 3. The van der Waals surface area contributed by atoms with Crippen molar-refractivity contribution >= 4 is 17.0 Å². The van der Waals surface area contributed by atoms with Crippen LogP contribution < -0.4 is 10.5 Å². The molecule has 0 unspecified atom stereocenters. The number of aromatic nitrogens is 2. The Morgan fingerprint density at radius 2 is 2.16 bits per heavy atom. The Balaban J connectivity index is 2.28. The zero-order valence-corrected chi connectivity index (χ0v) is 12.0. The van der Waals surface area contributed by atoms with Crippen molar-refractivity contribution in [2.75, 3.05) is 12.3 Å². The van der Waals surface area contributed by atoms with Gasteiger partial charge in [0.1, 0.15) is 11.3 Å². The SMILES string of the molecule is CCOc1cccc2c1nc(N)n2CCCC(C)C. The smallest absolute Gasteiger partial charge is 0.201 e. The summed E-state index contributed by atoms with van der Waals surface area (Å²) >= 11 is 0. The maximum Gasteiger partial charge on any atom is 0.201 e. The molecule has 1 aromatic heterocycles. The van der Waals surface area contributed by atoms with Crippen LogP contribution in [0.2, 0.25) is 0 Å². The van der Waals surface area contributed by atoms with Gasteiger partial charge in [-0.05, 0) is 37.8 Å². The lowest BCUT2D eigenvalue weighted by atomic mass is 10.1. The summed E-state index contributed by atoms with van der Waals surface area (Å²) in [7, 11) is 0. The summed E-state index contributed by atoms with van der Waals surface area (Å²) in [6.45, 7) is 8.00. The second kappa shape index (κ2) is 5.95. The zero-order chi connectivity index (χ0) is 13.8. The molecule has 2 rings (SSSR count). The van der Waals surface area contributed by atoms with E-state index in [9.17, 15) is 0 Å². The van der Waals surface area contributed by atoms with Crippen molar-refractivity contribution in [3.63, 3.8) is 0 Å². The van der Waals surface area contributed by atoms with Crippen LogP contribution in [0.5, 0.6) is 5.75 Å². The van der Waals surface area contributed by atoms with Gasteiger partial charge in [0.2, 0.25) is 5.95 Å². The number of hydrogen-bond donors (Lipinski definition) is 1. The van der Waals surface area contributed by atoms with Gasteiger partial charge in [-0.1, -0.05) is 19.9 Å². The van der Waals surface area contributed by atoms with Gasteiger partial charge >= 0.3 is 0 Å². The van der Waals surface area contributed by atoms with Crippen molar-refractivity contribution in [2.45, 2.75) is 40.2 Å². The molecule has 1 aromatic carbocycles. The number of para-hydroxylation sites is 1. The van der Waals surface area contributed by atoms with Gasteiger partial charge in [-0.3, -0.25) is 0 Å². The molecule has 2 aromatic rings. The fourth-order valence-corrected chi connectivity index (χ4v) is 2.30. The summed E-state index contributed by atoms with van der Waals surface area (Å²) in [6, 6.07) is 5.99. The molecule has 1 heterocycles. The first-order valence-electron chi connectivity index (χ1n) is 7.01. The highest BCUT2D eigenvalue weighted by molar-refractivity contribution is 5.84. The van der Waals surface area contributed by atoms with Gasteiger partial charge < -0.3 is 15.0 Å². The van der Waals surface area contributed by atoms with Crippen LogP contribution in [0, 0.1) is 5.92 Å². The van der Waals surface area contributed by atoms with Crippen LogP contribution in [0.4, 0.5) is 5.95 Å². The first-order chi connectivity index (χ1) is 9.13. The molecular weight excluding hydrogens is 238 g/mol. The molecule has 2 N–H and O–H groups in total. The molecule has 0 fully saturated rings. The lowest BCUT2D eigenvalue weighted by Crippen LogP contribution is -2.04. The Kier molecular flexibility index (Phi) is 4.30. The normalized spacial score (nSPS) is 11.4. The number of ether oxygens (including phenoxy) is 1. The van der Waals surface area contributed by atoms with E-state index in [4.69, 9.17) is 10.5 Å². The fourth-order valence-electron chi connectivity index (χ4n) is 2.30. The van der Waals surface area contributed by atoms with Crippen molar-refractivity contribution in [2.24, 2.45) is 5.92 Å². The summed E-state index contributed by atoms with van der Waals surface area (Å²) in [5, 5.41) is 0. The molecule has 4 nitrogen and oxygen atoms in total. The molecule has 4 heteroatoms. The number of benzene rings is 1. The fraction of sp³-hybridized carbons (Fsp3) is 0.533. The number of nitrogens with two attached hydrogens (primary N) is 1. The predicted molar refractivity (Wildman–Crippen MR) is 79.4 cm³/mol. The summed E-state index contributed by atoms with van der Waals surface area (Å²) in [5.41, 5.74) is 7.96. The van der Waals surface area contributed by atoms with Crippen molar-refractivity contribution < 1.29 is 4.74 Å². The third-order valence-electron chi connectivity index (χ3n) is 3.23. The molecule has 19 heavy (non-hydrogen) atoms. The van der Waals surface area contributed by atoms with E-state index in [0.29, 0.717) is 12.6 Å². The lowest BCUT2D eigenvalue weighted by molar-refractivity contribution is 0.343. The number of imidazole rings is 1. The van der Waals surface area contributed by atoms with Crippen molar-refractivity contribution in [1.29, 1.82) is 0 Å². The lowest BCUT2D eigenvalue weighted by Gasteiger charge is -2.08.